The minimum atomic E-state index is -0.294. The summed E-state index contributed by atoms with van der Waals surface area (Å²) in [5.41, 5.74) is 4.10. The summed E-state index contributed by atoms with van der Waals surface area (Å²) >= 11 is 0. The number of aryl methyl sites for hydroxylation is 1. The van der Waals surface area contributed by atoms with Crippen LogP contribution in [0, 0.1) is 0 Å². The smallest absolute Gasteiger partial charge is 0.274 e. The second-order valence-electron chi connectivity index (χ2n) is 8.28. The molecule has 2 heterocycles. The van der Waals surface area contributed by atoms with Crippen molar-refractivity contribution in [2.24, 2.45) is 7.05 Å². The summed E-state index contributed by atoms with van der Waals surface area (Å²) in [6.45, 7) is -0.294. The molecule has 0 fully saturated rings. The van der Waals surface area contributed by atoms with Gasteiger partial charge in [-0.25, -0.2) is 4.98 Å². The molecule has 0 saturated heterocycles. The SMILES string of the molecule is CN(C)c1ccc(C(=O)Nc2cccc(-c3cc(Nc4ccccn4)c(=O)n(C)c3)c2CO)cc1. The Morgan fingerprint density at radius 3 is 2.46 bits per heavy atom. The molecule has 2 aromatic heterocycles. The Balaban J connectivity index is 1.68. The summed E-state index contributed by atoms with van der Waals surface area (Å²) in [5.74, 6) is 0.269. The molecule has 8 heteroatoms. The molecule has 0 radical (unpaired) electrons. The fourth-order valence-electron chi connectivity index (χ4n) is 3.77. The Morgan fingerprint density at radius 2 is 1.80 bits per heavy atom. The highest BCUT2D eigenvalue weighted by molar-refractivity contribution is 6.05. The molecule has 4 rings (SSSR count). The van der Waals surface area contributed by atoms with Crippen molar-refractivity contribution in [1.82, 2.24) is 9.55 Å². The summed E-state index contributed by atoms with van der Waals surface area (Å²) in [6, 6.07) is 19.8. The molecule has 8 nitrogen and oxygen atoms in total. The van der Waals surface area contributed by atoms with Crippen LogP contribution in [0.25, 0.3) is 11.1 Å². The third kappa shape index (κ3) is 5.23. The first-order chi connectivity index (χ1) is 16.9. The van der Waals surface area contributed by atoms with E-state index in [1.165, 1.54) is 4.57 Å². The van der Waals surface area contributed by atoms with Crippen molar-refractivity contribution >= 4 is 28.8 Å². The zero-order chi connectivity index (χ0) is 24.9. The molecular weight excluding hydrogens is 442 g/mol. The average Bonchev–Trinajstić information content (AvgIpc) is 2.87. The lowest BCUT2D eigenvalue weighted by Gasteiger charge is -2.16. The van der Waals surface area contributed by atoms with Crippen molar-refractivity contribution in [3.05, 3.63) is 101 Å². The highest BCUT2D eigenvalue weighted by Gasteiger charge is 2.15. The van der Waals surface area contributed by atoms with E-state index in [0.717, 1.165) is 5.69 Å². The van der Waals surface area contributed by atoms with Gasteiger partial charge in [-0.1, -0.05) is 18.2 Å². The number of benzene rings is 2. The number of amides is 1. The number of nitrogens with one attached hydrogen (secondary N) is 2. The molecule has 2 aromatic carbocycles. The van der Waals surface area contributed by atoms with Crippen LogP contribution < -0.4 is 21.1 Å². The third-order valence-corrected chi connectivity index (χ3v) is 5.65. The molecule has 0 spiro atoms. The number of hydrogen-bond donors (Lipinski definition) is 3. The van der Waals surface area contributed by atoms with E-state index in [1.54, 1.807) is 61.9 Å². The first-order valence-corrected chi connectivity index (χ1v) is 11.1. The first kappa shape index (κ1) is 23.7. The van der Waals surface area contributed by atoms with E-state index in [4.69, 9.17) is 0 Å². The monoisotopic (exact) mass is 469 g/mol. The van der Waals surface area contributed by atoms with Gasteiger partial charge in [0, 0.05) is 61.6 Å². The number of aromatic nitrogens is 2. The van der Waals surface area contributed by atoms with Crippen molar-refractivity contribution in [2.75, 3.05) is 29.6 Å². The first-order valence-electron chi connectivity index (χ1n) is 11.1. The summed E-state index contributed by atoms with van der Waals surface area (Å²) in [4.78, 5) is 31.8. The maximum absolute atomic E-state index is 12.9. The second-order valence-corrected chi connectivity index (χ2v) is 8.28. The summed E-state index contributed by atoms with van der Waals surface area (Å²) in [5, 5.41) is 16.2. The highest BCUT2D eigenvalue weighted by atomic mass is 16.3. The van der Waals surface area contributed by atoms with Gasteiger partial charge in [-0.05, 0) is 54.1 Å². The van der Waals surface area contributed by atoms with Crippen LogP contribution >= 0.6 is 0 Å². The number of anilines is 4. The Bertz CT molecular complexity index is 1400. The summed E-state index contributed by atoms with van der Waals surface area (Å²) in [7, 11) is 5.53. The number of hydrogen-bond acceptors (Lipinski definition) is 6. The maximum Gasteiger partial charge on any atom is 0.274 e. The lowest BCUT2D eigenvalue weighted by Crippen LogP contribution is -2.20. The lowest BCUT2D eigenvalue weighted by molar-refractivity contribution is 0.102. The largest absolute Gasteiger partial charge is 0.392 e. The minimum absolute atomic E-state index is 0.212. The normalized spacial score (nSPS) is 10.6. The van der Waals surface area contributed by atoms with Crippen LogP contribution in [-0.2, 0) is 13.7 Å². The summed E-state index contributed by atoms with van der Waals surface area (Å²) in [6.07, 6.45) is 3.34. The van der Waals surface area contributed by atoms with Crippen molar-refractivity contribution in [3.8, 4) is 11.1 Å². The van der Waals surface area contributed by atoms with Gasteiger partial charge in [-0.2, -0.15) is 0 Å². The van der Waals surface area contributed by atoms with Gasteiger partial charge >= 0.3 is 0 Å². The molecule has 4 aromatic rings. The van der Waals surface area contributed by atoms with Crippen LogP contribution in [0.4, 0.5) is 22.9 Å². The number of rotatable bonds is 7. The van der Waals surface area contributed by atoms with Crippen LogP contribution in [0.2, 0.25) is 0 Å². The molecule has 3 N–H and O–H groups in total. The van der Waals surface area contributed by atoms with Crippen LogP contribution in [0.3, 0.4) is 0 Å². The van der Waals surface area contributed by atoms with E-state index in [2.05, 4.69) is 15.6 Å². The molecule has 0 aliphatic rings. The van der Waals surface area contributed by atoms with Gasteiger partial charge in [-0.3, -0.25) is 9.59 Å². The number of pyridine rings is 2. The quantitative estimate of drug-likeness (QED) is 0.378. The van der Waals surface area contributed by atoms with Crippen molar-refractivity contribution in [2.45, 2.75) is 6.61 Å². The molecule has 0 bridgehead atoms. The van der Waals surface area contributed by atoms with Gasteiger partial charge in [0.05, 0.1) is 6.61 Å². The van der Waals surface area contributed by atoms with Gasteiger partial charge < -0.3 is 25.2 Å². The van der Waals surface area contributed by atoms with E-state index >= 15 is 0 Å². The van der Waals surface area contributed by atoms with Crippen molar-refractivity contribution in [3.63, 3.8) is 0 Å². The van der Waals surface area contributed by atoms with Crippen LogP contribution in [0.5, 0.6) is 0 Å². The molecule has 35 heavy (non-hydrogen) atoms. The zero-order valence-corrected chi connectivity index (χ0v) is 19.8. The predicted octanol–water partition coefficient (Wildman–Crippen LogP) is 4.00. The molecule has 0 unspecified atom stereocenters. The molecular formula is C27H27N5O3. The topological polar surface area (TPSA) is 99.5 Å². The third-order valence-electron chi connectivity index (χ3n) is 5.65. The molecule has 1 amide bonds. The Kier molecular flexibility index (Phi) is 6.93. The van der Waals surface area contributed by atoms with E-state index in [0.29, 0.717) is 39.4 Å². The van der Waals surface area contributed by atoms with Gasteiger partial charge in [0.25, 0.3) is 11.5 Å². The second kappa shape index (κ2) is 10.2. The molecule has 178 valence electrons. The molecule has 0 aliphatic heterocycles. The minimum Gasteiger partial charge on any atom is -0.392 e. The van der Waals surface area contributed by atoms with Crippen LogP contribution in [0.15, 0.2) is 83.9 Å². The van der Waals surface area contributed by atoms with Gasteiger partial charge in [-0.15, -0.1) is 0 Å². The van der Waals surface area contributed by atoms with Crippen LogP contribution in [0.1, 0.15) is 15.9 Å². The molecule has 0 saturated carbocycles. The Morgan fingerprint density at radius 1 is 1.03 bits per heavy atom. The Hall–Kier alpha value is -4.43. The number of aliphatic hydroxyl groups is 1. The summed E-state index contributed by atoms with van der Waals surface area (Å²) < 4.78 is 1.47. The van der Waals surface area contributed by atoms with E-state index in [1.807, 2.05) is 43.3 Å². The fraction of sp³-hybridized carbons (Fsp3) is 0.148. The maximum atomic E-state index is 12.9. The lowest BCUT2D eigenvalue weighted by atomic mass is 9.99. The number of nitrogens with zero attached hydrogens (tertiary/aromatic N) is 3. The predicted molar refractivity (Wildman–Crippen MR) is 139 cm³/mol. The van der Waals surface area contributed by atoms with Gasteiger partial charge in [0.1, 0.15) is 11.5 Å². The van der Waals surface area contributed by atoms with Gasteiger partial charge in [0.15, 0.2) is 0 Å². The number of carbonyl (C=O) groups excluding carboxylic acids is 1. The highest BCUT2D eigenvalue weighted by Crippen LogP contribution is 2.31. The zero-order valence-electron chi connectivity index (χ0n) is 19.8. The van der Waals surface area contributed by atoms with Crippen LogP contribution in [-0.4, -0.2) is 34.7 Å². The Labute approximate surface area is 203 Å². The van der Waals surface area contributed by atoms with Crippen molar-refractivity contribution in [1.29, 1.82) is 0 Å². The number of aliphatic hydroxyl groups excluding tert-OH is 1. The van der Waals surface area contributed by atoms with E-state index < -0.39 is 0 Å². The molecule has 0 aliphatic carbocycles. The van der Waals surface area contributed by atoms with Gasteiger partial charge in [0.2, 0.25) is 0 Å². The van der Waals surface area contributed by atoms with Crippen molar-refractivity contribution < 1.29 is 9.90 Å². The average molecular weight is 470 g/mol. The number of carbonyl (C=O) groups is 1. The van der Waals surface area contributed by atoms with E-state index in [9.17, 15) is 14.7 Å². The molecule has 0 atom stereocenters. The fourth-order valence-corrected chi connectivity index (χ4v) is 3.77. The van der Waals surface area contributed by atoms with E-state index in [-0.39, 0.29) is 18.1 Å². The standard InChI is InChI=1S/C27H27N5O3/c1-31(2)20-12-10-18(11-13-20)26(34)30-23-8-6-7-21(22(23)17-33)19-15-24(27(35)32(3)16-19)29-25-9-4-5-14-28-25/h4-16,33H,17H2,1-3H3,(H,28,29)(H,30,34).